The summed E-state index contributed by atoms with van der Waals surface area (Å²) >= 11 is 0. The average molecular weight is 181 g/mol. The molecule has 0 radical (unpaired) electrons. The van der Waals surface area contributed by atoms with Crippen LogP contribution in [-0.2, 0) is 11.2 Å². The lowest BCUT2D eigenvalue weighted by Gasteiger charge is -2.03. The van der Waals surface area contributed by atoms with Crippen molar-refractivity contribution < 1.29 is 9.18 Å². The zero-order valence-corrected chi connectivity index (χ0v) is 7.51. The molecule has 0 amide bonds. The monoisotopic (exact) mass is 181 g/mol. The van der Waals surface area contributed by atoms with Gasteiger partial charge in [-0.3, -0.25) is 4.79 Å². The largest absolute Gasteiger partial charge is 0.324 e. The Bertz CT molecular complexity index is 323. The fourth-order valence-electron chi connectivity index (χ4n) is 1.12. The van der Waals surface area contributed by atoms with Gasteiger partial charge >= 0.3 is 0 Å². The Kier molecular flexibility index (Phi) is 3.14. The van der Waals surface area contributed by atoms with E-state index in [1.807, 2.05) is 6.92 Å². The zero-order valence-electron chi connectivity index (χ0n) is 7.51. The van der Waals surface area contributed by atoms with Crippen molar-refractivity contribution in [3.8, 4) is 0 Å². The highest BCUT2D eigenvalue weighted by molar-refractivity contribution is 5.82. The van der Waals surface area contributed by atoms with Crippen molar-refractivity contribution in [2.75, 3.05) is 6.54 Å². The fourth-order valence-corrected chi connectivity index (χ4v) is 1.12. The highest BCUT2D eigenvalue weighted by atomic mass is 19.1. The molecule has 0 heterocycles. The molecule has 0 aromatic heterocycles. The summed E-state index contributed by atoms with van der Waals surface area (Å²) in [5.41, 5.74) is 6.80. The molecule has 0 aliphatic rings. The number of Topliss-reactive ketones (excluding diaryl/α,β-unsaturated/α-hetero) is 1. The third-order valence-electron chi connectivity index (χ3n) is 1.93. The van der Waals surface area contributed by atoms with Crippen molar-refractivity contribution in [3.63, 3.8) is 0 Å². The lowest BCUT2D eigenvalue weighted by molar-refractivity contribution is -0.117. The molecule has 0 atom stereocenters. The lowest BCUT2D eigenvalue weighted by Crippen LogP contribution is -2.16. The summed E-state index contributed by atoms with van der Waals surface area (Å²) in [4.78, 5) is 11.0. The van der Waals surface area contributed by atoms with Gasteiger partial charge in [-0.2, -0.15) is 0 Å². The van der Waals surface area contributed by atoms with Crippen molar-refractivity contribution >= 4 is 5.78 Å². The second kappa shape index (κ2) is 4.14. The molecule has 0 aliphatic carbocycles. The summed E-state index contributed by atoms with van der Waals surface area (Å²) in [6.45, 7) is 1.86. The van der Waals surface area contributed by atoms with E-state index < -0.39 is 0 Å². The fraction of sp³-hybridized carbons (Fsp3) is 0.300. The Morgan fingerprint density at radius 2 is 2.23 bits per heavy atom. The van der Waals surface area contributed by atoms with Crippen LogP contribution in [0.25, 0.3) is 0 Å². The predicted molar refractivity (Wildman–Crippen MR) is 48.9 cm³/mol. The predicted octanol–water partition coefficient (Wildman–Crippen LogP) is 1.20. The molecular formula is C10H12FNO. The molecule has 0 saturated carbocycles. The van der Waals surface area contributed by atoms with Gasteiger partial charge in [0.1, 0.15) is 5.82 Å². The lowest BCUT2D eigenvalue weighted by atomic mass is 10.0. The first kappa shape index (κ1) is 9.86. The van der Waals surface area contributed by atoms with Gasteiger partial charge in [-0.05, 0) is 30.2 Å². The van der Waals surface area contributed by atoms with Gasteiger partial charge in [0.25, 0.3) is 0 Å². The summed E-state index contributed by atoms with van der Waals surface area (Å²) in [6, 6.07) is 4.42. The van der Waals surface area contributed by atoms with Gasteiger partial charge in [-0.15, -0.1) is 0 Å². The molecular weight excluding hydrogens is 169 g/mol. The molecule has 1 rings (SSSR count). The van der Waals surface area contributed by atoms with Crippen molar-refractivity contribution in [1.82, 2.24) is 0 Å². The summed E-state index contributed by atoms with van der Waals surface area (Å²) in [5.74, 6) is -0.390. The standard InChI is InChI=1S/C10H12FNO/c1-7-2-3-9(11)4-8(7)5-10(13)6-12/h2-4H,5-6,12H2,1H3. The van der Waals surface area contributed by atoms with Gasteiger partial charge in [0.15, 0.2) is 5.78 Å². The number of halogens is 1. The third-order valence-corrected chi connectivity index (χ3v) is 1.93. The summed E-state index contributed by atoms with van der Waals surface area (Å²) < 4.78 is 12.8. The number of carbonyl (C=O) groups excluding carboxylic acids is 1. The van der Waals surface area contributed by atoms with Crippen LogP contribution in [0.15, 0.2) is 18.2 Å². The van der Waals surface area contributed by atoms with Crippen LogP contribution in [0.1, 0.15) is 11.1 Å². The SMILES string of the molecule is Cc1ccc(F)cc1CC(=O)CN. The van der Waals surface area contributed by atoms with E-state index in [0.29, 0.717) is 0 Å². The van der Waals surface area contributed by atoms with E-state index in [1.54, 1.807) is 6.07 Å². The number of aryl methyl sites for hydroxylation is 1. The molecule has 13 heavy (non-hydrogen) atoms. The molecule has 0 saturated heterocycles. The van der Waals surface area contributed by atoms with E-state index in [9.17, 15) is 9.18 Å². The molecule has 2 nitrogen and oxygen atoms in total. The van der Waals surface area contributed by atoms with E-state index in [-0.39, 0.29) is 24.6 Å². The minimum Gasteiger partial charge on any atom is -0.324 e. The van der Waals surface area contributed by atoms with Gasteiger partial charge in [0.2, 0.25) is 0 Å². The molecule has 0 fully saturated rings. The van der Waals surface area contributed by atoms with Crippen LogP contribution in [0.2, 0.25) is 0 Å². The molecule has 0 aliphatic heterocycles. The van der Waals surface area contributed by atoms with Crippen LogP contribution >= 0.6 is 0 Å². The maximum atomic E-state index is 12.8. The van der Waals surface area contributed by atoms with E-state index in [4.69, 9.17) is 5.73 Å². The van der Waals surface area contributed by atoms with Crippen molar-refractivity contribution in [1.29, 1.82) is 0 Å². The van der Waals surface area contributed by atoms with Gasteiger partial charge in [0, 0.05) is 6.42 Å². The molecule has 3 heteroatoms. The second-order valence-electron chi connectivity index (χ2n) is 2.99. The van der Waals surface area contributed by atoms with E-state index in [1.165, 1.54) is 12.1 Å². The highest BCUT2D eigenvalue weighted by Gasteiger charge is 2.04. The molecule has 2 N–H and O–H groups in total. The first-order valence-corrected chi connectivity index (χ1v) is 4.10. The van der Waals surface area contributed by atoms with Crippen molar-refractivity contribution in [2.24, 2.45) is 5.73 Å². The van der Waals surface area contributed by atoms with Crippen LogP contribution in [0.4, 0.5) is 4.39 Å². The van der Waals surface area contributed by atoms with Crippen LogP contribution in [0.5, 0.6) is 0 Å². The average Bonchev–Trinajstić information content (AvgIpc) is 2.11. The minimum absolute atomic E-state index is 0.00987. The number of carbonyl (C=O) groups is 1. The zero-order chi connectivity index (χ0) is 9.84. The highest BCUT2D eigenvalue weighted by Crippen LogP contribution is 2.10. The Morgan fingerprint density at radius 1 is 1.54 bits per heavy atom. The van der Waals surface area contributed by atoms with Gasteiger partial charge in [-0.25, -0.2) is 4.39 Å². The quantitative estimate of drug-likeness (QED) is 0.761. The smallest absolute Gasteiger partial charge is 0.150 e. The maximum absolute atomic E-state index is 12.8. The normalized spacial score (nSPS) is 10.1. The Labute approximate surface area is 76.6 Å². The third kappa shape index (κ3) is 2.63. The molecule has 1 aromatic carbocycles. The number of hydrogen-bond donors (Lipinski definition) is 1. The number of hydrogen-bond acceptors (Lipinski definition) is 2. The van der Waals surface area contributed by atoms with Crippen molar-refractivity contribution in [3.05, 3.63) is 35.1 Å². The Morgan fingerprint density at radius 3 is 2.85 bits per heavy atom. The first-order chi connectivity index (χ1) is 6.13. The van der Waals surface area contributed by atoms with E-state index in [2.05, 4.69) is 0 Å². The molecule has 1 aromatic rings. The van der Waals surface area contributed by atoms with Crippen LogP contribution in [0.3, 0.4) is 0 Å². The van der Waals surface area contributed by atoms with Gasteiger partial charge < -0.3 is 5.73 Å². The number of benzene rings is 1. The van der Waals surface area contributed by atoms with E-state index >= 15 is 0 Å². The number of rotatable bonds is 3. The Balaban J connectivity index is 2.87. The van der Waals surface area contributed by atoms with Crippen LogP contribution in [0, 0.1) is 12.7 Å². The second-order valence-corrected chi connectivity index (χ2v) is 2.99. The topological polar surface area (TPSA) is 43.1 Å². The summed E-state index contributed by atoms with van der Waals surface area (Å²) in [6.07, 6.45) is 0.222. The van der Waals surface area contributed by atoms with Gasteiger partial charge in [-0.1, -0.05) is 6.07 Å². The van der Waals surface area contributed by atoms with Crippen LogP contribution in [-0.4, -0.2) is 12.3 Å². The molecule has 0 bridgehead atoms. The Hall–Kier alpha value is -1.22. The summed E-state index contributed by atoms with van der Waals surface area (Å²) in [5, 5.41) is 0. The number of ketones is 1. The van der Waals surface area contributed by atoms with Crippen LogP contribution < -0.4 is 5.73 Å². The molecule has 0 spiro atoms. The molecule has 70 valence electrons. The van der Waals surface area contributed by atoms with Gasteiger partial charge in [0.05, 0.1) is 6.54 Å². The maximum Gasteiger partial charge on any atom is 0.150 e. The minimum atomic E-state index is -0.314. The number of nitrogens with two attached hydrogens (primary N) is 1. The summed E-state index contributed by atoms with van der Waals surface area (Å²) in [7, 11) is 0. The first-order valence-electron chi connectivity index (χ1n) is 4.10. The van der Waals surface area contributed by atoms with Crippen molar-refractivity contribution in [2.45, 2.75) is 13.3 Å². The molecule has 0 unspecified atom stereocenters. The van der Waals surface area contributed by atoms with E-state index in [0.717, 1.165) is 11.1 Å².